The van der Waals surface area contributed by atoms with Crippen LogP contribution in [-0.4, -0.2) is 16.8 Å². The molecule has 0 aromatic heterocycles. The third-order valence-electron chi connectivity index (χ3n) is 2.94. The molecule has 0 unspecified atom stereocenters. The van der Waals surface area contributed by atoms with Crippen LogP contribution in [0.3, 0.4) is 0 Å². The van der Waals surface area contributed by atoms with E-state index in [0.717, 1.165) is 6.04 Å². The zero-order valence-electron chi connectivity index (χ0n) is 8.16. The van der Waals surface area contributed by atoms with Crippen molar-refractivity contribution in [3.05, 3.63) is 11.1 Å². The Bertz CT molecular complexity index is 187. The van der Waals surface area contributed by atoms with Gasteiger partial charge in [0.25, 0.3) is 0 Å². The van der Waals surface area contributed by atoms with Gasteiger partial charge in [0.05, 0.1) is 5.88 Å². The van der Waals surface area contributed by atoms with Crippen LogP contribution in [0.15, 0.2) is 11.1 Å². The van der Waals surface area contributed by atoms with Gasteiger partial charge < -0.3 is 4.90 Å². The van der Waals surface area contributed by atoms with Crippen molar-refractivity contribution >= 4 is 24.2 Å². The highest BCUT2D eigenvalue weighted by atomic mass is 35.5. The van der Waals surface area contributed by atoms with Gasteiger partial charge in [0, 0.05) is 11.7 Å². The van der Waals surface area contributed by atoms with E-state index >= 15 is 0 Å². The molecule has 1 fully saturated rings. The molecule has 2 rings (SSSR count). The van der Waals surface area contributed by atoms with Crippen LogP contribution in [0, 0.1) is 0 Å². The van der Waals surface area contributed by atoms with Crippen molar-refractivity contribution in [3.63, 3.8) is 0 Å². The predicted octanol–water partition coefficient (Wildman–Crippen LogP) is 3.61. The van der Waals surface area contributed by atoms with Crippen LogP contribution in [0.25, 0.3) is 0 Å². The van der Waals surface area contributed by atoms with Crippen molar-refractivity contribution in [3.8, 4) is 0 Å². The largest absolute Gasteiger partial charge is 0.362 e. The summed E-state index contributed by atoms with van der Waals surface area (Å²) < 4.78 is 0. The second-order valence-corrected chi connectivity index (χ2v) is 4.64. The van der Waals surface area contributed by atoms with E-state index in [2.05, 4.69) is 17.2 Å². The predicted molar refractivity (Wildman–Crippen MR) is 62.2 cm³/mol. The molecule has 0 radical (unpaired) electrons. The van der Waals surface area contributed by atoms with E-state index in [9.17, 15) is 0 Å². The molecule has 3 heteroatoms. The highest BCUT2D eigenvalue weighted by Crippen LogP contribution is 2.31. The van der Waals surface area contributed by atoms with Gasteiger partial charge in [0.1, 0.15) is 0 Å². The number of rotatable bonds is 1. The maximum atomic E-state index is 2.59. The summed E-state index contributed by atoms with van der Waals surface area (Å²) in [5, 5.41) is 2.30. The normalized spacial score (nSPS) is 24.1. The minimum Gasteiger partial charge on any atom is -0.362 e. The molecule has 0 saturated heterocycles. The average molecular weight is 220 g/mol. The Morgan fingerprint density at radius 2 is 2.00 bits per heavy atom. The molecule has 0 bridgehead atoms. The lowest BCUT2D eigenvalue weighted by molar-refractivity contribution is 0.232. The number of thioether (sulfide) groups is 1. The molecule has 1 saturated carbocycles. The third kappa shape index (κ3) is 2.57. The van der Waals surface area contributed by atoms with Gasteiger partial charge >= 0.3 is 0 Å². The van der Waals surface area contributed by atoms with Gasteiger partial charge in [-0.3, -0.25) is 0 Å². The van der Waals surface area contributed by atoms with Crippen LogP contribution < -0.4 is 0 Å². The van der Waals surface area contributed by atoms with Gasteiger partial charge in [-0.1, -0.05) is 19.3 Å². The maximum Gasteiger partial charge on any atom is 0.0680 e. The fourth-order valence-corrected chi connectivity index (χ4v) is 3.22. The topological polar surface area (TPSA) is 3.24 Å². The number of nitrogens with zero attached hydrogens (tertiary/aromatic N) is 1. The third-order valence-corrected chi connectivity index (χ3v) is 3.87. The smallest absolute Gasteiger partial charge is 0.0680 e. The number of hydrogen-bond acceptors (Lipinski definition) is 2. The fraction of sp³-hybridized carbons (Fsp3) is 0.800. The second kappa shape index (κ2) is 5.16. The summed E-state index contributed by atoms with van der Waals surface area (Å²) in [7, 11) is 0. The SMILES string of the molecule is CC1=CSCN1C1CCCCC1.Cl. The van der Waals surface area contributed by atoms with Crippen LogP contribution in [-0.2, 0) is 0 Å². The van der Waals surface area contributed by atoms with Crippen LogP contribution in [0.5, 0.6) is 0 Å². The molecule has 0 aromatic rings. The zero-order chi connectivity index (χ0) is 8.39. The summed E-state index contributed by atoms with van der Waals surface area (Å²) in [6.45, 7) is 2.24. The molecule has 76 valence electrons. The van der Waals surface area contributed by atoms with E-state index in [-0.39, 0.29) is 12.4 Å². The lowest BCUT2D eigenvalue weighted by Gasteiger charge is -2.33. The van der Waals surface area contributed by atoms with Gasteiger partial charge in [-0.15, -0.1) is 24.2 Å². The van der Waals surface area contributed by atoms with Crippen molar-refractivity contribution in [1.29, 1.82) is 0 Å². The number of hydrogen-bond donors (Lipinski definition) is 0. The molecule has 0 atom stereocenters. The maximum absolute atomic E-state index is 2.59. The van der Waals surface area contributed by atoms with Crippen LogP contribution in [0.4, 0.5) is 0 Å². The second-order valence-electron chi connectivity index (χ2n) is 3.82. The molecule has 1 aliphatic heterocycles. The first-order chi connectivity index (χ1) is 5.88. The van der Waals surface area contributed by atoms with Gasteiger partial charge in [0.2, 0.25) is 0 Å². The quantitative estimate of drug-likeness (QED) is 0.663. The molecular weight excluding hydrogens is 202 g/mol. The van der Waals surface area contributed by atoms with Gasteiger partial charge in [0.15, 0.2) is 0 Å². The van der Waals surface area contributed by atoms with Crippen molar-refractivity contribution in [2.75, 3.05) is 5.88 Å². The van der Waals surface area contributed by atoms with Gasteiger partial charge in [-0.05, 0) is 25.2 Å². The molecule has 1 nitrogen and oxygen atoms in total. The van der Waals surface area contributed by atoms with Crippen molar-refractivity contribution in [2.45, 2.75) is 45.1 Å². The summed E-state index contributed by atoms with van der Waals surface area (Å²) in [5.41, 5.74) is 1.49. The van der Waals surface area contributed by atoms with Crippen LogP contribution >= 0.6 is 24.2 Å². The molecule has 0 amide bonds. The lowest BCUT2D eigenvalue weighted by atomic mass is 9.94. The number of halogens is 1. The van der Waals surface area contributed by atoms with E-state index in [1.165, 1.54) is 43.7 Å². The van der Waals surface area contributed by atoms with Crippen molar-refractivity contribution in [2.24, 2.45) is 0 Å². The van der Waals surface area contributed by atoms with Crippen LogP contribution in [0.1, 0.15) is 39.0 Å². The number of allylic oxidation sites excluding steroid dienone is 1. The summed E-state index contributed by atoms with van der Waals surface area (Å²) in [4.78, 5) is 2.59. The summed E-state index contributed by atoms with van der Waals surface area (Å²) in [6, 6.07) is 0.866. The first kappa shape index (κ1) is 11.3. The lowest BCUT2D eigenvalue weighted by Crippen LogP contribution is -2.32. The molecule has 0 spiro atoms. The Labute approximate surface area is 91.4 Å². The first-order valence-electron chi connectivity index (χ1n) is 4.93. The summed E-state index contributed by atoms with van der Waals surface area (Å²) in [5.74, 6) is 1.20. The van der Waals surface area contributed by atoms with Gasteiger partial charge in [-0.25, -0.2) is 0 Å². The monoisotopic (exact) mass is 219 g/mol. The highest BCUT2D eigenvalue weighted by Gasteiger charge is 2.23. The van der Waals surface area contributed by atoms with E-state index in [4.69, 9.17) is 0 Å². The Balaban J connectivity index is 0.000000845. The minimum atomic E-state index is 0. The van der Waals surface area contributed by atoms with E-state index in [0.29, 0.717) is 0 Å². The molecule has 0 aromatic carbocycles. The highest BCUT2D eigenvalue weighted by molar-refractivity contribution is 8.02. The Kier molecular flexibility index (Phi) is 4.47. The van der Waals surface area contributed by atoms with Crippen molar-refractivity contribution in [1.82, 2.24) is 4.90 Å². The zero-order valence-corrected chi connectivity index (χ0v) is 9.79. The van der Waals surface area contributed by atoms with Crippen LogP contribution in [0.2, 0.25) is 0 Å². The standard InChI is InChI=1S/C10H17NS.ClH/c1-9-7-12-8-11(9)10-5-3-2-4-6-10;/h7,10H,2-6,8H2,1H3;1H. The molecular formula is C10H18ClNS. The Morgan fingerprint density at radius 3 is 2.54 bits per heavy atom. The minimum absolute atomic E-state index is 0. The molecule has 13 heavy (non-hydrogen) atoms. The Hall–Kier alpha value is 0.180. The first-order valence-corrected chi connectivity index (χ1v) is 5.98. The van der Waals surface area contributed by atoms with Gasteiger partial charge in [-0.2, -0.15) is 0 Å². The molecule has 1 heterocycles. The van der Waals surface area contributed by atoms with E-state index < -0.39 is 0 Å². The molecule has 0 N–H and O–H groups in total. The fourth-order valence-electron chi connectivity index (χ4n) is 2.19. The Morgan fingerprint density at radius 1 is 1.31 bits per heavy atom. The van der Waals surface area contributed by atoms with E-state index in [1.54, 1.807) is 0 Å². The van der Waals surface area contributed by atoms with E-state index in [1.807, 2.05) is 11.8 Å². The molecule has 1 aliphatic carbocycles. The summed E-state index contributed by atoms with van der Waals surface area (Å²) >= 11 is 1.95. The average Bonchev–Trinajstić information content (AvgIpc) is 2.53. The van der Waals surface area contributed by atoms with Crippen molar-refractivity contribution < 1.29 is 0 Å². The molecule has 2 aliphatic rings. The summed E-state index contributed by atoms with van der Waals surface area (Å²) in [6.07, 6.45) is 7.19.